The van der Waals surface area contributed by atoms with Gasteiger partial charge in [-0.3, -0.25) is 0 Å². The van der Waals surface area contributed by atoms with Gasteiger partial charge in [0.05, 0.1) is 11.1 Å². The number of hydrogen-bond acceptors (Lipinski definition) is 3. The van der Waals surface area contributed by atoms with Crippen molar-refractivity contribution in [1.29, 1.82) is 0 Å². The van der Waals surface area contributed by atoms with Crippen molar-refractivity contribution in [2.24, 2.45) is 0 Å². The summed E-state index contributed by atoms with van der Waals surface area (Å²) < 4.78 is 9.06. The molecule has 0 saturated heterocycles. The second-order valence-corrected chi connectivity index (χ2v) is 13.9. The highest BCUT2D eigenvalue weighted by atomic mass is 32.1. The Morgan fingerprint density at radius 2 is 1.24 bits per heavy atom. The van der Waals surface area contributed by atoms with Crippen LogP contribution in [0, 0.1) is 0 Å². The first kappa shape index (κ1) is 28.1. The van der Waals surface area contributed by atoms with Gasteiger partial charge in [0, 0.05) is 36.9 Å². The van der Waals surface area contributed by atoms with Crippen molar-refractivity contribution in [3.8, 4) is 11.1 Å². The van der Waals surface area contributed by atoms with E-state index in [1.807, 2.05) is 17.4 Å². The highest BCUT2D eigenvalue weighted by Crippen LogP contribution is 2.44. The Morgan fingerprint density at radius 3 is 2.16 bits per heavy atom. The molecule has 232 valence electrons. The summed E-state index contributed by atoms with van der Waals surface area (Å²) in [5, 5.41) is 7.46. The van der Waals surface area contributed by atoms with Crippen molar-refractivity contribution >= 4 is 81.2 Å². The molecule has 0 N–H and O–H groups in total. The van der Waals surface area contributed by atoms with Crippen LogP contribution in [0.1, 0.15) is 18.4 Å². The van der Waals surface area contributed by atoms with Crippen molar-refractivity contribution in [3.63, 3.8) is 0 Å². The van der Waals surface area contributed by atoms with Crippen LogP contribution in [-0.2, 0) is 0 Å². The zero-order valence-corrected chi connectivity index (χ0v) is 27.6. The number of para-hydroxylation sites is 1. The molecule has 2 aromatic heterocycles. The Morgan fingerprint density at radius 1 is 0.490 bits per heavy atom. The molecular weight excluding hydrogens is 615 g/mol. The first-order valence-corrected chi connectivity index (χ1v) is 17.7. The molecule has 0 saturated carbocycles. The minimum absolute atomic E-state index is 0.901. The number of benzene rings is 7. The molecule has 0 unspecified atom stereocenters. The molecule has 1 aliphatic carbocycles. The van der Waals surface area contributed by atoms with Crippen LogP contribution in [0.2, 0.25) is 0 Å². The van der Waals surface area contributed by atoms with Crippen molar-refractivity contribution in [1.82, 2.24) is 0 Å². The normalized spacial score (nSPS) is 13.4. The lowest BCUT2D eigenvalue weighted by molar-refractivity contribution is 0.669. The number of fused-ring (bicyclic) bond motifs is 7. The number of anilines is 2. The maximum absolute atomic E-state index is 6.38. The molecule has 3 heteroatoms. The van der Waals surface area contributed by atoms with Gasteiger partial charge in [0.2, 0.25) is 0 Å². The summed E-state index contributed by atoms with van der Waals surface area (Å²) in [6.45, 7) is 0. The van der Waals surface area contributed by atoms with E-state index in [-0.39, 0.29) is 0 Å². The van der Waals surface area contributed by atoms with Crippen molar-refractivity contribution in [2.75, 3.05) is 4.90 Å². The van der Waals surface area contributed by atoms with Gasteiger partial charge in [0.25, 0.3) is 0 Å². The molecule has 0 atom stereocenters. The second-order valence-electron chi connectivity index (χ2n) is 12.9. The van der Waals surface area contributed by atoms with E-state index in [0.717, 1.165) is 46.2 Å². The van der Waals surface area contributed by atoms with E-state index in [1.165, 1.54) is 58.9 Å². The second kappa shape index (κ2) is 11.4. The third kappa shape index (κ3) is 4.77. The molecule has 49 heavy (non-hydrogen) atoms. The molecule has 2 heterocycles. The third-order valence-corrected chi connectivity index (χ3v) is 11.1. The first-order valence-electron chi connectivity index (χ1n) is 16.9. The lowest BCUT2D eigenvalue weighted by Gasteiger charge is -2.31. The molecule has 7 aromatic carbocycles. The van der Waals surface area contributed by atoms with Crippen LogP contribution in [0.4, 0.5) is 11.4 Å². The largest absolute Gasteiger partial charge is 0.456 e. The maximum Gasteiger partial charge on any atom is 0.137 e. The number of rotatable bonds is 5. The minimum Gasteiger partial charge on any atom is -0.456 e. The zero-order valence-electron chi connectivity index (χ0n) is 26.8. The van der Waals surface area contributed by atoms with E-state index >= 15 is 0 Å². The fraction of sp³-hybridized carbons (Fsp3) is 0.0435. The molecule has 0 bridgehead atoms. The highest BCUT2D eigenvalue weighted by Gasteiger charge is 2.23. The number of hydrogen-bond donors (Lipinski definition) is 0. The molecule has 0 amide bonds. The molecule has 0 spiro atoms. The molecule has 2 nitrogen and oxygen atoms in total. The van der Waals surface area contributed by atoms with Crippen molar-refractivity contribution < 1.29 is 4.42 Å². The molecular formula is C46H31NOS. The Balaban J connectivity index is 1.12. The SMILES string of the molecule is C1=C(c2ccc3sc4ccccc4c3c2)CCC(N(c2cccc(-c3ccc4ccccc4c3)c2)c2cccc3oc4ccccc4c23)=C1. The standard InChI is InChI=1S/C46H31NOS/c1-2-10-32-27-34(20-19-30(32)9-1)33-11-7-12-37(28-33)47(41-15-8-17-43-46(41)39-14-3-5-16-42(39)48-43)36-24-21-31(22-25-36)35-23-26-45-40(29-35)38-13-4-6-18-44(38)49-45/h1-21,23-24,26-29H,22,25H2. The smallest absolute Gasteiger partial charge is 0.137 e. The Hall–Kier alpha value is -5.90. The maximum atomic E-state index is 6.38. The summed E-state index contributed by atoms with van der Waals surface area (Å²) in [4.78, 5) is 2.46. The average Bonchev–Trinajstić information content (AvgIpc) is 3.74. The fourth-order valence-electron chi connectivity index (χ4n) is 7.57. The van der Waals surface area contributed by atoms with Gasteiger partial charge < -0.3 is 9.32 Å². The zero-order chi connectivity index (χ0) is 32.3. The quantitative estimate of drug-likeness (QED) is 0.185. The number of nitrogens with zero attached hydrogens (tertiary/aromatic N) is 1. The van der Waals surface area contributed by atoms with Gasteiger partial charge in [0.15, 0.2) is 0 Å². The first-order chi connectivity index (χ1) is 24.3. The summed E-state index contributed by atoms with van der Waals surface area (Å²) in [6, 6.07) is 54.8. The van der Waals surface area contributed by atoms with Crippen LogP contribution < -0.4 is 4.90 Å². The van der Waals surface area contributed by atoms with Gasteiger partial charge >= 0.3 is 0 Å². The molecule has 1 aliphatic rings. The van der Waals surface area contributed by atoms with E-state index in [4.69, 9.17) is 4.42 Å². The molecule has 9 aromatic rings. The lowest BCUT2D eigenvalue weighted by Crippen LogP contribution is -2.18. The molecule has 0 radical (unpaired) electrons. The Labute approximate surface area is 288 Å². The van der Waals surface area contributed by atoms with Crippen molar-refractivity contribution in [3.05, 3.63) is 175 Å². The third-order valence-electron chi connectivity index (χ3n) is 9.97. The van der Waals surface area contributed by atoms with E-state index in [1.54, 1.807) is 0 Å². The molecule has 0 aliphatic heterocycles. The van der Waals surface area contributed by atoms with Gasteiger partial charge in [-0.05, 0) is 107 Å². The number of allylic oxidation sites excluding steroid dienone is 4. The van der Waals surface area contributed by atoms with E-state index in [9.17, 15) is 0 Å². The van der Waals surface area contributed by atoms with Crippen LogP contribution >= 0.6 is 11.3 Å². The van der Waals surface area contributed by atoms with Gasteiger partial charge in [-0.2, -0.15) is 0 Å². The predicted molar refractivity (Wildman–Crippen MR) is 210 cm³/mol. The van der Waals surface area contributed by atoms with Gasteiger partial charge in [0.1, 0.15) is 11.2 Å². The Bertz CT molecular complexity index is 2790. The monoisotopic (exact) mass is 645 g/mol. The topological polar surface area (TPSA) is 16.4 Å². The summed E-state index contributed by atoms with van der Waals surface area (Å²) in [6.07, 6.45) is 6.55. The van der Waals surface area contributed by atoms with Crippen LogP contribution in [0.25, 0.3) is 69.6 Å². The van der Waals surface area contributed by atoms with Gasteiger partial charge in [-0.25, -0.2) is 0 Å². The highest BCUT2D eigenvalue weighted by molar-refractivity contribution is 7.25. The van der Waals surface area contributed by atoms with E-state index in [2.05, 4.69) is 163 Å². The number of thiophene rings is 1. The fourth-order valence-corrected chi connectivity index (χ4v) is 8.66. The van der Waals surface area contributed by atoms with Crippen LogP contribution in [0.3, 0.4) is 0 Å². The summed E-state index contributed by atoms with van der Waals surface area (Å²) in [5.74, 6) is 0. The summed E-state index contributed by atoms with van der Waals surface area (Å²) >= 11 is 1.87. The van der Waals surface area contributed by atoms with Crippen LogP contribution in [0.5, 0.6) is 0 Å². The van der Waals surface area contributed by atoms with Gasteiger partial charge in [-0.1, -0.05) is 103 Å². The van der Waals surface area contributed by atoms with Crippen LogP contribution in [0.15, 0.2) is 174 Å². The van der Waals surface area contributed by atoms with E-state index in [0.29, 0.717) is 0 Å². The van der Waals surface area contributed by atoms with Gasteiger partial charge in [-0.15, -0.1) is 11.3 Å². The summed E-state index contributed by atoms with van der Waals surface area (Å²) in [5.41, 5.74) is 10.4. The predicted octanol–water partition coefficient (Wildman–Crippen LogP) is 13.7. The Kier molecular flexibility index (Phi) is 6.53. The number of furan rings is 1. The summed E-state index contributed by atoms with van der Waals surface area (Å²) in [7, 11) is 0. The van der Waals surface area contributed by atoms with Crippen molar-refractivity contribution in [2.45, 2.75) is 12.8 Å². The molecule has 0 fully saturated rings. The molecule has 10 rings (SSSR count). The average molecular weight is 646 g/mol. The van der Waals surface area contributed by atoms with Crippen LogP contribution in [-0.4, -0.2) is 0 Å². The minimum atomic E-state index is 0.901. The van der Waals surface area contributed by atoms with E-state index < -0.39 is 0 Å². The lowest BCUT2D eigenvalue weighted by atomic mass is 9.93.